The summed E-state index contributed by atoms with van der Waals surface area (Å²) in [7, 11) is 0. The van der Waals surface area contributed by atoms with E-state index >= 15 is 0 Å². The van der Waals surface area contributed by atoms with Gasteiger partial charge in [0.05, 0.1) is 4.34 Å². The molecule has 0 amide bonds. The molecule has 0 aliphatic heterocycles. The number of hydrogen-bond acceptors (Lipinski definition) is 3. The zero-order valence-corrected chi connectivity index (χ0v) is 13.1. The number of thiophene rings is 1. The molecule has 2 nitrogen and oxygen atoms in total. The highest BCUT2D eigenvalue weighted by atomic mass is 79.9. The van der Waals surface area contributed by atoms with E-state index in [1.54, 1.807) is 11.3 Å². The summed E-state index contributed by atoms with van der Waals surface area (Å²) in [6, 6.07) is 7.99. The molecule has 1 heterocycles. The lowest BCUT2D eigenvalue weighted by Gasteiger charge is -2.10. The third-order valence-electron chi connectivity index (χ3n) is 2.67. The largest absolute Gasteiger partial charge is 0.398 e. The van der Waals surface area contributed by atoms with Crippen LogP contribution in [0.1, 0.15) is 10.4 Å². The van der Waals surface area contributed by atoms with Crippen LogP contribution in [-0.2, 0) is 6.42 Å². The summed E-state index contributed by atoms with van der Waals surface area (Å²) in [5.74, 6) is 0. The molecule has 0 fully saturated rings. The van der Waals surface area contributed by atoms with Crippen molar-refractivity contribution in [3.8, 4) is 0 Å². The predicted octanol–water partition coefficient (Wildman–Crippen LogP) is 4.71. The van der Waals surface area contributed by atoms with Crippen molar-refractivity contribution in [1.82, 2.24) is 0 Å². The van der Waals surface area contributed by atoms with Crippen LogP contribution in [0.2, 0.25) is 4.34 Å². The highest BCUT2D eigenvalue weighted by Crippen LogP contribution is 2.28. The molecular formula is C13H14BrClN2S. The minimum Gasteiger partial charge on any atom is -0.398 e. The Kier molecular flexibility index (Phi) is 4.54. The number of nitrogens with one attached hydrogen (secondary N) is 1. The van der Waals surface area contributed by atoms with Gasteiger partial charge in [0.1, 0.15) is 0 Å². The summed E-state index contributed by atoms with van der Waals surface area (Å²) >= 11 is 11.0. The van der Waals surface area contributed by atoms with Crippen molar-refractivity contribution in [2.24, 2.45) is 0 Å². The molecule has 5 heteroatoms. The first-order valence-corrected chi connectivity index (χ1v) is 7.58. The predicted molar refractivity (Wildman–Crippen MR) is 84.8 cm³/mol. The molecule has 18 heavy (non-hydrogen) atoms. The summed E-state index contributed by atoms with van der Waals surface area (Å²) in [5.41, 5.74) is 8.80. The van der Waals surface area contributed by atoms with E-state index in [1.165, 1.54) is 4.88 Å². The lowest BCUT2D eigenvalue weighted by atomic mass is 10.2. The standard InChI is InChI=1S/C13H14BrClN2S/c1-8-6-12(10(14)7-11(8)16)17-5-4-9-2-3-13(15)18-9/h2-3,6-7,17H,4-5,16H2,1H3. The average molecular weight is 346 g/mol. The Balaban J connectivity index is 1.96. The molecule has 1 aromatic heterocycles. The molecule has 0 saturated heterocycles. The van der Waals surface area contributed by atoms with Gasteiger partial charge in [0.25, 0.3) is 0 Å². The zero-order chi connectivity index (χ0) is 13.1. The first-order valence-electron chi connectivity index (χ1n) is 5.60. The van der Waals surface area contributed by atoms with E-state index in [1.807, 2.05) is 19.1 Å². The monoisotopic (exact) mass is 344 g/mol. The van der Waals surface area contributed by atoms with Gasteiger partial charge in [0.15, 0.2) is 0 Å². The van der Waals surface area contributed by atoms with Gasteiger partial charge in [-0.1, -0.05) is 11.6 Å². The molecule has 0 spiro atoms. The van der Waals surface area contributed by atoms with E-state index < -0.39 is 0 Å². The maximum Gasteiger partial charge on any atom is 0.0931 e. The van der Waals surface area contributed by atoms with E-state index in [2.05, 4.69) is 33.4 Å². The van der Waals surface area contributed by atoms with Gasteiger partial charge in [0.2, 0.25) is 0 Å². The first-order chi connectivity index (χ1) is 8.56. The number of halogens is 2. The summed E-state index contributed by atoms with van der Waals surface area (Å²) in [4.78, 5) is 1.29. The lowest BCUT2D eigenvalue weighted by molar-refractivity contribution is 1.04. The second-order valence-electron chi connectivity index (χ2n) is 4.07. The zero-order valence-electron chi connectivity index (χ0n) is 9.97. The second-order valence-corrected chi connectivity index (χ2v) is 6.73. The van der Waals surface area contributed by atoms with Crippen molar-refractivity contribution in [3.63, 3.8) is 0 Å². The highest BCUT2D eigenvalue weighted by molar-refractivity contribution is 9.10. The van der Waals surface area contributed by atoms with Gasteiger partial charge in [-0.25, -0.2) is 0 Å². The number of benzene rings is 1. The molecule has 96 valence electrons. The van der Waals surface area contributed by atoms with Crippen molar-refractivity contribution >= 4 is 50.2 Å². The van der Waals surface area contributed by atoms with Gasteiger partial charge in [-0.2, -0.15) is 0 Å². The van der Waals surface area contributed by atoms with Crippen LogP contribution in [-0.4, -0.2) is 6.54 Å². The quantitative estimate of drug-likeness (QED) is 0.788. The number of rotatable bonds is 4. The van der Waals surface area contributed by atoms with Crippen molar-refractivity contribution in [2.45, 2.75) is 13.3 Å². The molecule has 0 bridgehead atoms. The SMILES string of the molecule is Cc1cc(NCCc2ccc(Cl)s2)c(Br)cc1N. The summed E-state index contributed by atoms with van der Waals surface area (Å²) in [6.45, 7) is 2.88. The number of hydrogen-bond donors (Lipinski definition) is 2. The summed E-state index contributed by atoms with van der Waals surface area (Å²) in [5, 5.41) is 3.40. The Bertz CT molecular complexity index is 554. The van der Waals surface area contributed by atoms with Crippen LogP contribution in [0.4, 0.5) is 11.4 Å². The molecule has 1 aromatic carbocycles. The van der Waals surface area contributed by atoms with Gasteiger partial charge in [-0.3, -0.25) is 0 Å². The van der Waals surface area contributed by atoms with E-state index in [0.717, 1.165) is 38.7 Å². The molecule has 3 N–H and O–H groups in total. The van der Waals surface area contributed by atoms with Crippen molar-refractivity contribution in [3.05, 3.63) is 43.5 Å². The highest BCUT2D eigenvalue weighted by Gasteiger charge is 2.04. The Hall–Kier alpha value is -0.710. The van der Waals surface area contributed by atoms with E-state index in [-0.39, 0.29) is 0 Å². The molecule has 2 rings (SSSR count). The molecular weight excluding hydrogens is 332 g/mol. The van der Waals surface area contributed by atoms with Gasteiger partial charge in [-0.05, 0) is 59.1 Å². The molecule has 0 saturated carbocycles. The maximum absolute atomic E-state index is 5.90. The molecule has 0 aliphatic rings. The average Bonchev–Trinajstić information content (AvgIpc) is 2.71. The van der Waals surface area contributed by atoms with Crippen LogP contribution in [0.3, 0.4) is 0 Å². The fraction of sp³-hybridized carbons (Fsp3) is 0.231. The van der Waals surface area contributed by atoms with Crippen LogP contribution in [0.25, 0.3) is 0 Å². The van der Waals surface area contributed by atoms with Crippen LogP contribution < -0.4 is 11.1 Å². The second kappa shape index (κ2) is 5.95. The van der Waals surface area contributed by atoms with Crippen molar-refractivity contribution < 1.29 is 0 Å². The van der Waals surface area contributed by atoms with Gasteiger partial charge < -0.3 is 11.1 Å². The van der Waals surface area contributed by atoms with Crippen LogP contribution in [0.5, 0.6) is 0 Å². The Labute approximate surface area is 124 Å². The van der Waals surface area contributed by atoms with Crippen molar-refractivity contribution in [1.29, 1.82) is 0 Å². The van der Waals surface area contributed by atoms with E-state index in [4.69, 9.17) is 17.3 Å². The van der Waals surface area contributed by atoms with Crippen molar-refractivity contribution in [2.75, 3.05) is 17.6 Å². The van der Waals surface area contributed by atoms with Crippen LogP contribution >= 0.6 is 38.9 Å². The Morgan fingerprint density at radius 3 is 2.83 bits per heavy atom. The molecule has 0 atom stereocenters. The first kappa shape index (κ1) is 13.7. The number of anilines is 2. The van der Waals surface area contributed by atoms with Gasteiger partial charge in [0, 0.05) is 27.3 Å². The molecule has 0 aliphatic carbocycles. The number of aryl methyl sites for hydroxylation is 1. The summed E-state index contributed by atoms with van der Waals surface area (Å²) in [6.07, 6.45) is 0.966. The fourth-order valence-corrected chi connectivity index (χ4v) is 3.23. The molecule has 0 radical (unpaired) electrons. The number of nitrogens with two attached hydrogens (primary N) is 1. The topological polar surface area (TPSA) is 38.0 Å². The van der Waals surface area contributed by atoms with Crippen LogP contribution in [0, 0.1) is 6.92 Å². The number of nitrogen functional groups attached to an aromatic ring is 1. The minimum atomic E-state index is 0.803. The third kappa shape index (κ3) is 3.40. The Morgan fingerprint density at radius 1 is 1.39 bits per heavy atom. The molecule has 0 unspecified atom stereocenters. The summed E-state index contributed by atoms with van der Waals surface area (Å²) < 4.78 is 1.84. The lowest BCUT2D eigenvalue weighted by Crippen LogP contribution is -2.05. The maximum atomic E-state index is 5.90. The molecule has 2 aromatic rings. The van der Waals surface area contributed by atoms with E-state index in [0.29, 0.717) is 0 Å². The van der Waals surface area contributed by atoms with Crippen LogP contribution in [0.15, 0.2) is 28.7 Å². The normalized spacial score (nSPS) is 10.6. The minimum absolute atomic E-state index is 0.803. The smallest absolute Gasteiger partial charge is 0.0931 e. The van der Waals surface area contributed by atoms with Gasteiger partial charge in [-0.15, -0.1) is 11.3 Å². The fourth-order valence-electron chi connectivity index (χ4n) is 1.64. The van der Waals surface area contributed by atoms with E-state index in [9.17, 15) is 0 Å². The Morgan fingerprint density at radius 2 is 2.17 bits per heavy atom. The third-order valence-corrected chi connectivity index (χ3v) is 4.62. The van der Waals surface area contributed by atoms with Gasteiger partial charge >= 0.3 is 0 Å².